The van der Waals surface area contributed by atoms with Crippen molar-refractivity contribution in [3.63, 3.8) is 0 Å². The van der Waals surface area contributed by atoms with E-state index < -0.39 is 0 Å². The van der Waals surface area contributed by atoms with Crippen molar-refractivity contribution < 1.29 is 14.1 Å². The highest BCUT2D eigenvalue weighted by atomic mass is 16.5. The average Bonchev–Trinajstić information content (AvgIpc) is 3.58. The molecule has 9 nitrogen and oxygen atoms in total. The Morgan fingerprint density at radius 1 is 1.11 bits per heavy atom. The Morgan fingerprint density at radius 2 is 1.94 bits per heavy atom. The fourth-order valence-corrected chi connectivity index (χ4v) is 4.87. The molecule has 2 saturated heterocycles. The summed E-state index contributed by atoms with van der Waals surface area (Å²) in [4.78, 5) is 26.3. The molecule has 1 amide bonds. The zero-order valence-electron chi connectivity index (χ0n) is 20.1. The number of hydrogen-bond donors (Lipinski definition) is 1. The van der Waals surface area contributed by atoms with Crippen LogP contribution in [0, 0.1) is 11.8 Å². The molecule has 0 radical (unpaired) electrons. The zero-order chi connectivity index (χ0) is 24.0. The van der Waals surface area contributed by atoms with Crippen molar-refractivity contribution in [1.82, 2.24) is 25.3 Å². The quantitative estimate of drug-likeness (QED) is 0.530. The Balaban J connectivity index is 1.05. The van der Waals surface area contributed by atoms with Gasteiger partial charge < -0.3 is 19.5 Å². The summed E-state index contributed by atoms with van der Waals surface area (Å²) in [5, 5.41) is 7.33. The fraction of sp³-hybridized carbons (Fsp3) is 0.462. The first kappa shape index (κ1) is 23.3. The standard InChI is InChI=1S/C26H32N6O3/c1-34-23-7-5-20(6-8-23)24-29-26(35-30-24)32-14-10-21(11-15-32)25(33)28-16-19-9-13-31(17-19)18-22-4-2-3-12-27-22/h2-8,12,19,21H,9-11,13-18H2,1H3,(H,28,33). The molecule has 1 unspecified atom stereocenters. The number of rotatable bonds is 8. The molecule has 184 valence electrons. The summed E-state index contributed by atoms with van der Waals surface area (Å²) in [6, 6.07) is 14.1. The first-order valence-corrected chi connectivity index (χ1v) is 12.3. The van der Waals surface area contributed by atoms with Gasteiger partial charge in [-0.1, -0.05) is 11.2 Å². The molecule has 2 aliphatic heterocycles. The minimum atomic E-state index is 0.0289. The van der Waals surface area contributed by atoms with Crippen LogP contribution >= 0.6 is 0 Å². The van der Waals surface area contributed by atoms with Crippen LogP contribution in [0.25, 0.3) is 11.4 Å². The van der Waals surface area contributed by atoms with Gasteiger partial charge in [-0.2, -0.15) is 4.98 Å². The second kappa shape index (κ2) is 10.9. The van der Waals surface area contributed by atoms with E-state index in [0.29, 0.717) is 17.8 Å². The molecule has 0 aliphatic carbocycles. The minimum absolute atomic E-state index is 0.0289. The summed E-state index contributed by atoms with van der Waals surface area (Å²) >= 11 is 0. The van der Waals surface area contributed by atoms with E-state index in [-0.39, 0.29) is 11.8 Å². The summed E-state index contributed by atoms with van der Waals surface area (Å²) in [6.45, 7) is 5.13. The fourth-order valence-electron chi connectivity index (χ4n) is 4.87. The van der Waals surface area contributed by atoms with Crippen molar-refractivity contribution >= 4 is 11.9 Å². The number of carbonyl (C=O) groups is 1. The summed E-state index contributed by atoms with van der Waals surface area (Å²) in [5.74, 6) is 2.03. The van der Waals surface area contributed by atoms with E-state index in [9.17, 15) is 4.79 Å². The molecule has 3 aromatic rings. The number of ether oxygens (including phenoxy) is 1. The lowest BCUT2D eigenvalue weighted by Crippen LogP contribution is -2.42. The number of piperidine rings is 1. The van der Waals surface area contributed by atoms with Gasteiger partial charge in [0.2, 0.25) is 11.7 Å². The van der Waals surface area contributed by atoms with Crippen LogP contribution in [0.2, 0.25) is 0 Å². The predicted molar refractivity (Wildman–Crippen MR) is 132 cm³/mol. The highest BCUT2D eigenvalue weighted by Gasteiger charge is 2.29. The van der Waals surface area contributed by atoms with E-state index in [1.807, 2.05) is 42.6 Å². The van der Waals surface area contributed by atoms with Crippen molar-refractivity contribution in [2.24, 2.45) is 11.8 Å². The van der Waals surface area contributed by atoms with Crippen LogP contribution in [-0.4, -0.2) is 65.8 Å². The van der Waals surface area contributed by atoms with Crippen molar-refractivity contribution in [1.29, 1.82) is 0 Å². The number of carbonyl (C=O) groups excluding carboxylic acids is 1. The lowest BCUT2D eigenvalue weighted by Gasteiger charge is -2.30. The van der Waals surface area contributed by atoms with Gasteiger partial charge in [-0.25, -0.2) is 0 Å². The molecule has 5 rings (SSSR count). The van der Waals surface area contributed by atoms with E-state index in [1.54, 1.807) is 7.11 Å². The maximum absolute atomic E-state index is 12.8. The molecule has 2 aliphatic rings. The molecule has 2 aromatic heterocycles. The number of nitrogens with zero attached hydrogens (tertiary/aromatic N) is 5. The van der Waals surface area contributed by atoms with Crippen LogP contribution in [0.5, 0.6) is 5.75 Å². The molecular formula is C26H32N6O3. The molecule has 1 atom stereocenters. The van der Waals surface area contributed by atoms with E-state index in [2.05, 4.69) is 36.3 Å². The van der Waals surface area contributed by atoms with Gasteiger partial charge in [0.15, 0.2) is 0 Å². The highest BCUT2D eigenvalue weighted by Crippen LogP contribution is 2.26. The smallest absolute Gasteiger partial charge is 0.324 e. The number of hydrogen-bond acceptors (Lipinski definition) is 8. The first-order valence-electron chi connectivity index (χ1n) is 12.3. The predicted octanol–water partition coefficient (Wildman–Crippen LogP) is 2.99. The molecular weight excluding hydrogens is 444 g/mol. The number of aromatic nitrogens is 3. The van der Waals surface area contributed by atoms with Gasteiger partial charge >= 0.3 is 6.01 Å². The van der Waals surface area contributed by atoms with Gasteiger partial charge in [-0.3, -0.25) is 14.7 Å². The molecule has 4 heterocycles. The summed E-state index contributed by atoms with van der Waals surface area (Å²) in [5.41, 5.74) is 1.97. The number of pyridine rings is 1. The molecule has 9 heteroatoms. The van der Waals surface area contributed by atoms with E-state index >= 15 is 0 Å². The molecule has 35 heavy (non-hydrogen) atoms. The first-order chi connectivity index (χ1) is 17.2. The maximum Gasteiger partial charge on any atom is 0.324 e. The Bertz CT molecular complexity index is 1100. The largest absolute Gasteiger partial charge is 0.497 e. The Hall–Kier alpha value is -3.46. The van der Waals surface area contributed by atoms with Gasteiger partial charge in [0.05, 0.1) is 12.8 Å². The Kier molecular flexibility index (Phi) is 7.23. The lowest BCUT2D eigenvalue weighted by molar-refractivity contribution is -0.125. The minimum Gasteiger partial charge on any atom is -0.497 e. The number of anilines is 1. The van der Waals surface area contributed by atoms with Crippen molar-refractivity contribution in [2.75, 3.05) is 44.7 Å². The van der Waals surface area contributed by atoms with E-state index in [1.165, 1.54) is 0 Å². The maximum atomic E-state index is 12.8. The van der Waals surface area contributed by atoms with Gasteiger partial charge in [-0.05, 0) is 68.1 Å². The SMILES string of the molecule is COc1ccc(-c2noc(N3CCC(C(=O)NCC4CCN(Cc5ccccn5)C4)CC3)n2)cc1. The van der Waals surface area contributed by atoms with Crippen LogP contribution in [0.15, 0.2) is 53.2 Å². The van der Waals surface area contributed by atoms with E-state index in [0.717, 1.165) is 75.5 Å². The van der Waals surface area contributed by atoms with Crippen molar-refractivity contribution in [2.45, 2.75) is 25.8 Å². The molecule has 0 bridgehead atoms. The third kappa shape index (κ3) is 5.79. The molecule has 1 N–H and O–H groups in total. The number of amides is 1. The Labute approximate surface area is 205 Å². The van der Waals surface area contributed by atoms with Crippen LogP contribution in [0.4, 0.5) is 6.01 Å². The highest BCUT2D eigenvalue weighted by molar-refractivity contribution is 5.79. The van der Waals surface area contributed by atoms with Crippen molar-refractivity contribution in [3.8, 4) is 17.1 Å². The van der Waals surface area contributed by atoms with Gasteiger partial charge in [-0.15, -0.1) is 0 Å². The normalized spacial score (nSPS) is 19.1. The monoisotopic (exact) mass is 476 g/mol. The van der Waals surface area contributed by atoms with Gasteiger partial charge in [0.1, 0.15) is 5.75 Å². The molecule has 0 spiro atoms. The summed E-state index contributed by atoms with van der Waals surface area (Å²) in [7, 11) is 1.64. The second-order valence-electron chi connectivity index (χ2n) is 9.35. The number of nitrogens with one attached hydrogen (secondary N) is 1. The topological polar surface area (TPSA) is 96.6 Å². The number of methoxy groups -OCH3 is 1. The lowest BCUT2D eigenvalue weighted by atomic mass is 9.96. The number of likely N-dealkylation sites (tertiary alicyclic amines) is 1. The van der Waals surface area contributed by atoms with Crippen LogP contribution in [0.1, 0.15) is 25.0 Å². The van der Waals surface area contributed by atoms with Crippen LogP contribution < -0.4 is 15.0 Å². The van der Waals surface area contributed by atoms with Crippen LogP contribution in [-0.2, 0) is 11.3 Å². The average molecular weight is 477 g/mol. The summed E-state index contributed by atoms with van der Waals surface area (Å²) in [6.07, 6.45) is 4.51. The molecule has 1 aromatic carbocycles. The van der Waals surface area contributed by atoms with Gasteiger partial charge in [0.25, 0.3) is 0 Å². The van der Waals surface area contributed by atoms with E-state index in [4.69, 9.17) is 9.26 Å². The number of benzene rings is 1. The third-order valence-electron chi connectivity index (χ3n) is 6.95. The summed E-state index contributed by atoms with van der Waals surface area (Å²) < 4.78 is 10.7. The second-order valence-corrected chi connectivity index (χ2v) is 9.35. The van der Waals surface area contributed by atoms with Crippen molar-refractivity contribution in [3.05, 3.63) is 54.4 Å². The van der Waals surface area contributed by atoms with Gasteiger partial charge in [0, 0.05) is 50.4 Å². The molecule has 2 fully saturated rings. The molecule has 0 saturated carbocycles. The Morgan fingerprint density at radius 3 is 2.69 bits per heavy atom. The third-order valence-corrected chi connectivity index (χ3v) is 6.95. The zero-order valence-corrected chi connectivity index (χ0v) is 20.1. The van der Waals surface area contributed by atoms with Crippen LogP contribution in [0.3, 0.4) is 0 Å².